The molecule has 0 aliphatic rings. The van der Waals surface area contributed by atoms with Crippen molar-refractivity contribution < 1.29 is 4.39 Å². The molecule has 0 amide bonds. The van der Waals surface area contributed by atoms with Crippen LogP contribution >= 0.6 is 23.2 Å². The van der Waals surface area contributed by atoms with E-state index in [2.05, 4.69) is 5.32 Å². The summed E-state index contributed by atoms with van der Waals surface area (Å²) in [6.07, 6.45) is 0. The van der Waals surface area contributed by atoms with Crippen molar-refractivity contribution in [3.05, 3.63) is 69.5 Å². The Morgan fingerprint density at radius 2 is 1.89 bits per heavy atom. The van der Waals surface area contributed by atoms with Gasteiger partial charge in [-0.05, 0) is 30.7 Å². The molecule has 2 aromatic carbocycles. The molecule has 0 aliphatic heterocycles. The van der Waals surface area contributed by atoms with Crippen LogP contribution in [0.15, 0.2) is 42.5 Å². The van der Waals surface area contributed by atoms with Crippen molar-refractivity contribution in [2.45, 2.75) is 19.5 Å². The Bertz CT molecular complexity index is 572. The lowest BCUT2D eigenvalue weighted by Crippen LogP contribution is -2.19. The zero-order valence-corrected chi connectivity index (χ0v) is 12.0. The molecule has 4 heteroatoms. The van der Waals surface area contributed by atoms with Crippen molar-refractivity contribution in [2.75, 3.05) is 0 Å². The van der Waals surface area contributed by atoms with Crippen LogP contribution in [-0.2, 0) is 6.54 Å². The first-order valence-corrected chi connectivity index (χ1v) is 6.75. The maximum Gasteiger partial charge on any atom is 0.129 e. The molecule has 0 radical (unpaired) electrons. The highest BCUT2D eigenvalue weighted by molar-refractivity contribution is 6.31. The molecular weight excluding hydrogens is 284 g/mol. The summed E-state index contributed by atoms with van der Waals surface area (Å²) in [6.45, 7) is 2.42. The highest BCUT2D eigenvalue weighted by Crippen LogP contribution is 2.23. The van der Waals surface area contributed by atoms with E-state index in [4.69, 9.17) is 23.2 Å². The van der Waals surface area contributed by atoms with Gasteiger partial charge >= 0.3 is 0 Å². The van der Waals surface area contributed by atoms with Gasteiger partial charge in [0.2, 0.25) is 0 Å². The van der Waals surface area contributed by atoms with E-state index in [0.29, 0.717) is 22.2 Å². The summed E-state index contributed by atoms with van der Waals surface area (Å²) in [4.78, 5) is 0. The Balaban J connectivity index is 2.04. The normalized spacial score (nSPS) is 12.4. The molecule has 0 bridgehead atoms. The smallest absolute Gasteiger partial charge is 0.129 e. The molecule has 1 nitrogen and oxygen atoms in total. The molecule has 0 saturated heterocycles. The number of benzene rings is 2. The second kappa shape index (κ2) is 6.38. The van der Waals surface area contributed by atoms with E-state index in [-0.39, 0.29) is 11.9 Å². The molecule has 0 heterocycles. The molecule has 100 valence electrons. The maximum absolute atomic E-state index is 13.6. The first-order valence-electron chi connectivity index (χ1n) is 5.99. The SMILES string of the molecule is CC(NCc1ccc(Cl)cc1F)c1ccccc1Cl. The van der Waals surface area contributed by atoms with Crippen LogP contribution in [0.4, 0.5) is 4.39 Å². The van der Waals surface area contributed by atoms with Gasteiger partial charge in [-0.25, -0.2) is 4.39 Å². The Morgan fingerprint density at radius 1 is 1.16 bits per heavy atom. The van der Waals surface area contributed by atoms with E-state index in [0.717, 1.165) is 5.56 Å². The molecule has 0 aliphatic carbocycles. The van der Waals surface area contributed by atoms with Gasteiger partial charge in [-0.1, -0.05) is 47.5 Å². The van der Waals surface area contributed by atoms with Crippen LogP contribution in [0, 0.1) is 5.82 Å². The third kappa shape index (κ3) is 3.69. The second-order valence-corrected chi connectivity index (χ2v) is 5.20. The summed E-state index contributed by atoms with van der Waals surface area (Å²) in [5.41, 5.74) is 1.59. The van der Waals surface area contributed by atoms with E-state index in [1.165, 1.54) is 6.07 Å². The molecule has 19 heavy (non-hydrogen) atoms. The number of halogens is 3. The largest absolute Gasteiger partial charge is 0.306 e. The molecule has 0 spiro atoms. The standard InChI is InChI=1S/C15H14Cl2FN/c1-10(13-4-2-3-5-14(13)17)19-9-11-6-7-12(16)8-15(11)18/h2-8,10,19H,9H2,1H3. The topological polar surface area (TPSA) is 12.0 Å². The highest BCUT2D eigenvalue weighted by Gasteiger charge is 2.10. The molecule has 0 fully saturated rings. The Kier molecular flexibility index (Phi) is 4.81. The van der Waals surface area contributed by atoms with Crippen molar-refractivity contribution >= 4 is 23.2 Å². The summed E-state index contributed by atoms with van der Waals surface area (Å²) in [5, 5.41) is 4.36. The Labute approximate surface area is 122 Å². The summed E-state index contributed by atoms with van der Waals surface area (Å²) in [6, 6.07) is 12.4. The molecule has 2 rings (SSSR count). The van der Waals surface area contributed by atoms with Gasteiger partial charge in [0.05, 0.1) is 0 Å². The molecule has 0 aromatic heterocycles. The van der Waals surface area contributed by atoms with Crippen molar-refractivity contribution in [1.29, 1.82) is 0 Å². The molecule has 1 atom stereocenters. The predicted molar refractivity (Wildman–Crippen MR) is 78.1 cm³/mol. The average molecular weight is 298 g/mol. The van der Waals surface area contributed by atoms with E-state index in [1.54, 1.807) is 12.1 Å². The third-order valence-electron chi connectivity index (χ3n) is 2.99. The van der Waals surface area contributed by atoms with Gasteiger partial charge in [0.15, 0.2) is 0 Å². The van der Waals surface area contributed by atoms with Gasteiger partial charge < -0.3 is 5.32 Å². The van der Waals surface area contributed by atoms with Crippen molar-refractivity contribution in [3.63, 3.8) is 0 Å². The van der Waals surface area contributed by atoms with Crippen molar-refractivity contribution in [2.24, 2.45) is 0 Å². The molecule has 1 N–H and O–H groups in total. The van der Waals surface area contributed by atoms with Gasteiger partial charge in [-0.2, -0.15) is 0 Å². The minimum Gasteiger partial charge on any atom is -0.306 e. The van der Waals surface area contributed by atoms with E-state index >= 15 is 0 Å². The fraction of sp³-hybridized carbons (Fsp3) is 0.200. The molecular formula is C15H14Cl2FN. The van der Waals surface area contributed by atoms with Crippen molar-refractivity contribution in [1.82, 2.24) is 5.32 Å². The van der Waals surface area contributed by atoms with Crippen LogP contribution in [0.5, 0.6) is 0 Å². The van der Waals surface area contributed by atoms with Crippen molar-refractivity contribution in [3.8, 4) is 0 Å². The van der Waals surface area contributed by atoms with E-state index < -0.39 is 0 Å². The Hall–Kier alpha value is -1.09. The monoisotopic (exact) mass is 297 g/mol. The minimum absolute atomic E-state index is 0.0452. The summed E-state index contributed by atoms with van der Waals surface area (Å²) in [7, 11) is 0. The first kappa shape index (κ1) is 14.3. The van der Waals surface area contributed by atoms with Crippen LogP contribution in [0.2, 0.25) is 10.0 Å². The van der Waals surface area contributed by atoms with Crippen LogP contribution in [0.25, 0.3) is 0 Å². The van der Waals surface area contributed by atoms with Gasteiger partial charge in [-0.15, -0.1) is 0 Å². The fourth-order valence-corrected chi connectivity index (χ4v) is 2.32. The summed E-state index contributed by atoms with van der Waals surface area (Å²) < 4.78 is 13.6. The van der Waals surface area contributed by atoms with Crippen LogP contribution < -0.4 is 5.32 Å². The highest BCUT2D eigenvalue weighted by atomic mass is 35.5. The summed E-state index contributed by atoms with van der Waals surface area (Å²) in [5.74, 6) is -0.300. The maximum atomic E-state index is 13.6. The Morgan fingerprint density at radius 3 is 2.58 bits per heavy atom. The second-order valence-electron chi connectivity index (χ2n) is 4.36. The minimum atomic E-state index is -0.300. The third-order valence-corrected chi connectivity index (χ3v) is 3.56. The lowest BCUT2D eigenvalue weighted by atomic mass is 10.1. The molecule has 2 aromatic rings. The van der Waals surface area contributed by atoms with Gasteiger partial charge in [0, 0.05) is 28.2 Å². The predicted octanol–water partition coefficient (Wildman–Crippen LogP) is 4.98. The van der Waals surface area contributed by atoms with Crippen LogP contribution in [0.3, 0.4) is 0 Å². The number of nitrogens with one attached hydrogen (secondary N) is 1. The number of hydrogen-bond donors (Lipinski definition) is 1. The van der Waals surface area contributed by atoms with E-state index in [1.807, 2.05) is 31.2 Å². The van der Waals surface area contributed by atoms with E-state index in [9.17, 15) is 4.39 Å². The zero-order valence-electron chi connectivity index (χ0n) is 10.5. The molecule has 1 unspecified atom stereocenters. The quantitative estimate of drug-likeness (QED) is 0.839. The van der Waals surface area contributed by atoms with Crippen LogP contribution in [0.1, 0.15) is 24.1 Å². The summed E-state index contributed by atoms with van der Waals surface area (Å²) >= 11 is 11.8. The van der Waals surface area contributed by atoms with Gasteiger partial charge in [0.25, 0.3) is 0 Å². The zero-order chi connectivity index (χ0) is 13.8. The van der Waals surface area contributed by atoms with Crippen LogP contribution in [-0.4, -0.2) is 0 Å². The number of hydrogen-bond acceptors (Lipinski definition) is 1. The van der Waals surface area contributed by atoms with Gasteiger partial charge in [0.1, 0.15) is 5.82 Å². The number of rotatable bonds is 4. The average Bonchev–Trinajstić information content (AvgIpc) is 2.38. The first-order chi connectivity index (χ1) is 9.08. The lowest BCUT2D eigenvalue weighted by Gasteiger charge is -2.16. The molecule has 0 saturated carbocycles. The van der Waals surface area contributed by atoms with Gasteiger partial charge in [-0.3, -0.25) is 0 Å². The fourth-order valence-electron chi connectivity index (χ4n) is 1.86. The lowest BCUT2D eigenvalue weighted by molar-refractivity contribution is 0.544.